The first kappa shape index (κ1) is 20.1. The molecule has 1 N–H and O–H groups in total. The van der Waals surface area contributed by atoms with Gasteiger partial charge in [0, 0.05) is 48.5 Å². The highest BCUT2D eigenvalue weighted by Gasteiger charge is 2.53. The Labute approximate surface area is 171 Å². The minimum atomic E-state index is -3.96. The summed E-state index contributed by atoms with van der Waals surface area (Å²) in [5.41, 5.74) is 1.94. The molecule has 1 spiro atoms. The molecule has 0 saturated heterocycles. The predicted molar refractivity (Wildman–Crippen MR) is 104 cm³/mol. The molecule has 0 radical (unpaired) electrons. The fraction of sp³-hybridized carbons (Fsp3) is 0.450. The number of amides is 1. The third-order valence-corrected chi connectivity index (χ3v) is 5.29. The molecule has 1 saturated carbocycles. The third kappa shape index (κ3) is 3.35. The summed E-state index contributed by atoms with van der Waals surface area (Å²) in [7, 11) is 0. The number of fused-ring (bicyclic) bond motifs is 2. The van der Waals surface area contributed by atoms with Gasteiger partial charge < -0.3 is 15.0 Å². The lowest BCUT2D eigenvalue weighted by Crippen LogP contribution is -2.31. The SMILES string of the molecule is CCOC(=O)C(F)(F)c1nc(C)cc(N2CC3(CC3)c3cnc(NC(C)=O)cc32)n1. The second kappa shape index (κ2) is 6.96. The first-order valence-electron chi connectivity index (χ1n) is 9.63. The molecule has 0 atom stereocenters. The number of halogens is 2. The van der Waals surface area contributed by atoms with Crippen LogP contribution in [-0.2, 0) is 25.7 Å². The van der Waals surface area contributed by atoms with Crippen molar-refractivity contribution in [2.24, 2.45) is 0 Å². The summed E-state index contributed by atoms with van der Waals surface area (Å²) in [5.74, 6) is -6.18. The van der Waals surface area contributed by atoms with Crippen LogP contribution in [0, 0.1) is 6.92 Å². The summed E-state index contributed by atoms with van der Waals surface area (Å²) in [6, 6.07) is 3.30. The molecule has 10 heteroatoms. The number of nitrogens with one attached hydrogen (secondary N) is 1. The number of rotatable bonds is 5. The van der Waals surface area contributed by atoms with Gasteiger partial charge in [0.25, 0.3) is 0 Å². The van der Waals surface area contributed by atoms with E-state index >= 15 is 0 Å². The van der Waals surface area contributed by atoms with Crippen molar-refractivity contribution < 1.29 is 23.1 Å². The molecule has 2 aromatic rings. The molecule has 2 aromatic heterocycles. The van der Waals surface area contributed by atoms with E-state index in [2.05, 4.69) is 25.0 Å². The van der Waals surface area contributed by atoms with Crippen molar-refractivity contribution in [1.29, 1.82) is 0 Å². The summed E-state index contributed by atoms with van der Waals surface area (Å²) in [6.45, 7) is 4.78. The van der Waals surface area contributed by atoms with Crippen molar-refractivity contribution in [3.63, 3.8) is 0 Å². The number of ether oxygens (including phenoxy) is 1. The molecule has 0 aromatic carbocycles. The van der Waals surface area contributed by atoms with Gasteiger partial charge in [-0.25, -0.2) is 19.7 Å². The van der Waals surface area contributed by atoms with Gasteiger partial charge in [-0.15, -0.1) is 0 Å². The van der Waals surface area contributed by atoms with Crippen LogP contribution in [0.3, 0.4) is 0 Å². The number of alkyl halides is 2. The molecule has 0 unspecified atom stereocenters. The Morgan fingerprint density at radius 1 is 1.30 bits per heavy atom. The van der Waals surface area contributed by atoms with E-state index in [1.807, 2.05) is 4.90 Å². The van der Waals surface area contributed by atoms with E-state index in [9.17, 15) is 18.4 Å². The average Bonchev–Trinajstić information content (AvgIpc) is 3.38. The monoisotopic (exact) mass is 417 g/mol. The topological polar surface area (TPSA) is 97.3 Å². The Balaban J connectivity index is 1.76. The van der Waals surface area contributed by atoms with E-state index < -0.39 is 17.7 Å². The van der Waals surface area contributed by atoms with Gasteiger partial charge in [0.2, 0.25) is 11.7 Å². The molecule has 1 aliphatic heterocycles. The van der Waals surface area contributed by atoms with E-state index in [0.717, 1.165) is 24.1 Å². The smallest absolute Gasteiger partial charge is 0.401 e. The summed E-state index contributed by atoms with van der Waals surface area (Å²) >= 11 is 0. The highest BCUT2D eigenvalue weighted by atomic mass is 19.3. The Morgan fingerprint density at radius 3 is 2.67 bits per heavy atom. The van der Waals surface area contributed by atoms with Gasteiger partial charge in [0.05, 0.1) is 12.3 Å². The molecular formula is C20H21F2N5O3. The molecule has 3 heterocycles. The highest BCUT2D eigenvalue weighted by Crippen LogP contribution is 2.58. The summed E-state index contributed by atoms with van der Waals surface area (Å²) < 4.78 is 33.6. The fourth-order valence-corrected chi connectivity index (χ4v) is 3.72. The lowest BCUT2D eigenvalue weighted by molar-refractivity contribution is -0.174. The van der Waals surface area contributed by atoms with Crippen LogP contribution in [0.4, 0.5) is 26.1 Å². The zero-order valence-electron chi connectivity index (χ0n) is 16.8. The lowest BCUT2D eigenvalue weighted by Gasteiger charge is -2.21. The molecule has 8 nitrogen and oxygen atoms in total. The number of aromatic nitrogens is 3. The minimum absolute atomic E-state index is 0.0975. The summed E-state index contributed by atoms with van der Waals surface area (Å²) in [4.78, 5) is 37.1. The number of pyridine rings is 1. The number of anilines is 3. The second-order valence-corrected chi connectivity index (χ2v) is 7.62. The molecule has 4 rings (SSSR count). The largest absolute Gasteiger partial charge is 0.461 e. The zero-order chi connectivity index (χ0) is 21.7. The number of nitrogens with zero attached hydrogens (tertiary/aromatic N) is 4. The fourth-order valence-electron chi connectivity index (χ4n) is 3.72. The minimum Gasteiger partial charge on any atom is -0.461 e. The van der Waals surface area contributed by atoms with Gasteiger partial charge in [0.15, 0.2) is 0 Å². The summed E-state index contributed by atoms with van der Waals surface area (Å²) in [6.07, 6.45) is 3.62. The van der Waals surface area contributed by atoms with Crippen molar-refractivity contribution >= 4 is 29.2 Å². The third-order valence-electron chi connectivity index (χ3n) is 5.29. The van der Waals surface area contributed by atoms with Gasteiger partial charge in [-0.05, 0) is 26.7 Å². The molecule has 0 bridgehead atoms. The van der Waals surface area contributed by atoms with E-state index in [4.69, 9.17) is 0 Å². The predicted octanol–water partition coefficient (Wildman–Crippen LogP) is 2.98. The number of carbonyl (C=O) groups excluding carboxylic acids is 2. The van der Waals surface area contributed by atoms with Crippen LogP contribution >= 0.6 is 0 Å². The molecule has 158 valence electrons. The molecule has 1 fully saturated rings. The Bertz CT molecular complexity index is 1040. The standard InChI is InChI=1S/C20H21F2N5O3/c1-4-30-18(29)20(21,22)17-24-11(2)7-16(26-17)27-10-19(5-6-19)13-9-23-15(8-14(13)27)25-12(3)28/h7-9H,4-6,10H2,1-3H3,(H,23,25,28). The molecule has 30 heavy (non-hydrogen) atoms. The number of carbonyl (C=O) groups is 2. The van der Waals surface area contributed by atoms with Crippen molar-refractivity contribution in [3.8, 4) is 0 Å². The van der Waals surface area contributed by atoms with Crippen LogP contribution in [0.2, 0.25) is 0 Å². The van der Waals surface area contributed by atoms with E-state index in [1.165, 1.54) is 13.8 Å². The van der Waals surface area contributed by atoms with Crippen molar-refractivity contribution in [2.75, 3.05) is 23.4 Å². The normalized spacial score (nSPS) is 16.4. The van der Waals surface area contributed by atoms with Gasteiger partial charge in [-0.3, -0.25) is 4.79 Å². The zero-order valence-corrected chi connectivity index (χ0v) is 16.8. The number of esters is 1. The van der Waals surface area contributed by atoms with Crippen LogP contribution in [0.1, 0.15) is 43.8 Å². The molecular weight excluding hydrogens is 396 g/mol. The maximum Gasteiger partial charge on any atom is 0.401 e. The van der Waals surface area contributed by atoms with Gasteiger partial charge in [0.1, 0.15) is 11.6 Å². The van der Waals surface area contributed by atoms with E-state index in [1.54, 1.807) is 25.3 Å². The van der Waals surface area contributed by atoms with Crippen LogP contribution in [0.15, 0.2) is 18.3 Å². The van der Waals surface area contributed by atoms with Crippen molar-refractivity contribution in [2.45, 2.75) is 45.0 Å². The van der Waals surface area contributed by atoms with Crippen LogP contribution < -0.4 is 10.2 Å². The maximum absolute atomic E-state index is 14.6. The van der Waals surface area contributed by atoms with Gasteiger partial charge in [-0.2, -0.15) is 8.78 Å². The molecule has 1 aliphatic carbocycles. The quantitative estimate of drug-likeness (QED) is 0.747. The lowest BCUT2D eigenvalue weighted by atomic mass is 10.0. The maximum atomic E-state index is 14.6. The Hall–Kier alpha value is -3.17. The van der Waals surface area contributed by atoms with E-state index in [0.29, 0.717) is 18.1 Å². The molecule has 2 aliphatic rings. The summed E-state index contributed by atoms with van der Waals surface area (Å²) in [5, 5.41) is 2.64. The number of hydrogen-bond donors (Lipinski definition) is 1. The second-order valence-electron chi connectivity index (χ2n) is 7.62. The van der Waals surface area contributed by atoms with Crippen molar-refractivity contribution in [1.82, 2.24) is 15.0 Å². The first-order chi connectivity index (χ1) is 14.2. The Kier molecular flexibility index (Phi) is 4.67. The van der Waals surface area contributed by atoms with Crippen molar-refractivity contribution in [3.05, 3.63) is 35.4 Å². The van der Waals surface area contributed by atoms with Gasteiger partial charge >= 0.3 is 11.9 Å². The van der Waals surface area contributed by atoms with Crippen LogP contribution in [-0.4, -0.2) is 40.0 Å². The number of aryl methyl sites for hydroxylation is 1. The van der Waals surface area contributed by atoms with E-state index in [-0.39, 0.29) is 23.7 Å². The van der Waals surface area contributed by atoms with Gasteiger partial charge in [-0.1, -0.05) is 0 Å². The molecule has 1 amide bonds. The first-order valence-corrected chi connectivity index (χ1v) is 9.63. The van der Waals surface area contributed by atoms with Crippen LogP contribution in [0.25, 0.3) is 0 Å². The Morgan fingerprint density at radius 2 is 2.03 bits per heavy atom. The average molecular weight is 417 g/mol. The highest BCUT2D eigenvalue weighted by molar-refractivity contribution is 5.89. The number of hydrogen-bond acceptors (Lipinski definition) is 7. The van der Waals surface area contributed by atoms with Crippen LogP contribution in [0.5, 0.6) is 0 Å².